The van der Waals surface area contributed by atoms with Crippen LogP contribution in [0.4, 0.5) is 16.2 Å². The average molecular weight is 486 g/mol. The molecular formula is C21H12ClN3O7S. The monoisotopic (exact) mass is 485 g/mol. The van der Waals surface area contributed by atoms with Crippen molar-refractivity contribution < 1.29 is 23.9 Å². The second-order valence-electron chi connectivity index (χ2n) is 6.81. The van der Waals surface area contributed by atoms with Crippen LogP contribution in [0, 0.1) is 20.2 Å². The topological polar surface area (TPSA) is 137 Å². The number of halogens is 1. The van der Waals surface area contributed by atoms with Gasteiger partial charge in [-0.05, 0) is 41.6 Å². The van der Waals surface area contributed by atoms with Gasteiger partial charge >= 0.3 is 0 Å². The summed E-state index contributed by atoms with van der Waals surface area (Å²) in [4.78, 5) is 47.2. The summed E-state index contributed by atoms with van der Waals surface area (Å²) in [7, 11) is 0. The summed E-state index contributed by atoms with van der Waals surface area (Å²) in [6, 6.07) is 12.8. The number of thioether (sulfide) groups is 1. The van der Waals surface area contributed by atoms with E-state index >= 15 is 0 Å². The fourth-order valence-corrected chi connectivity index (χ4v) is 4.10. The zero-order valence-corrected chi connectivity index (χ0v) is 18.0. The molecule has 0 unspecified atom stereocenters. The van der Waals surface area contributed by atoms with Gasteiger partial charge in [0.2, 0.25) is 0 Å². The predicted octanol–water partition coefficient (Wildman–Crippen LogP) is 5.65. The zero-order chi connectivity index (χ0) is 23.7. The Morgan fingerprint density at radius 2 is 1.73 bits per heavy atom. The van der Waals surface area contributed by atoms with E-state index in [9.17, 15) is 29.8 Å². The average Bonchev–Trinajstić information content (AvgIpc) is 3.34. The molecule has 4 rings (SSSR count). The van der Waals surface area contributed by atoms with Gasteiger partial charge in [0, 0.05) is 29.3 Å². The third kappa shape index (κ3) is 4.64. The van der Waals surface area contributed by atoms with Gasteiger partial charge in [-0.15, -0.1) is 0 Å². The van der Waals surface area contributed by atoms with E-state index in [0.29, 0.717) is 5.56 Å². The lowest BCUT2D eigenvalue weighted by Crippen LogP contribution is -2.27. The van der Waals surface area contributed by atoms with E-state index in [0.717, 1.165) is 16.7 Å². The van der Waals surface area contributed by atoms with Gasteiger partial charge in [0.15, 0.2) is 0 Å². The molecule has 1 aromatic heterocycles. The lowest BCUT2D eigenvalue weighted by molar-refractivity contribution is -0.384. The van der Waals surface area contributed by atoms with Gasteiger partial charge < -0.3 is 4.42 Å². The molecule has 0 saturated carbocycles. The molecule has 1 aliphatic heterocycles. The molecule has 0 atom stereocenters. The van der Waals surface area contributed by atoms with Crippen molar-refractivity contribution in [2.24, 2.45) is 0 Å². The van der Waals surface area contributed by atoms with Crippen molar-refractivity contribution in [3.63, 3.8) is 0 Å². The van der Waals surface area contributed by atoms with E-state index in [1.807, 2.05) is 0 Å². The molecule has 166 valence electrons. The first-order valence-electron chi connectivity index (χ1n) is 9.26. The molecule has 0 N–H and O–H groups in total. The Kier molecular flexibility index (Phi) is 5.99. The minimum Gasteiger partial charge on any atom is -0.456 e. The Bertz CT molecular complexity index is 1330. The summed E-state index contributed by atoms with van der Waals surface area (Å²) < 4.78 is 5.65. The molecule has 33 heavy (non-hydrogen) atoms. The van der Waals surface area contributed by atoms with E-state index in [2.05, 4.69) is 0 Å². The molecule has 0 aliphatic carbocycles. The van der Waals surface area contributed by atoms with Crippen molar-refractivity contribution in [3.8, 4) is 11.3 Å². The minimum atomic E-state index is -0.576. The number of benzene rings is 2. The number of nitrogens with zero attached hydrogens (tertiary/aromatic N) is 3. The van der Waals surface area contributed by atoms with Crippen molar-refractivity contribution in [1.82, 2.24) is 4.90 Å². The number of nitro groups is 2. The second-order valence-corrected chi connectivity index (χ2v) is 8.24. The van der Waals surface area contributed by atoms with Gasteiger partial charge in [-0.2, -0.15) is 0 Å². The Morgan fingerprint density at radius 1 is 1.00 bits per heavy atom. The SMILES string of the molecule is O=C1SC(=Cc2ccc(-c3ccc(Cl)cc3[N+](=O)[O-])o2)C(=O)N1Cc1ccc([N+](=O)[O-])cc1. The molecule has 2 heterocycles. The molecule has 0 radical (unpaired) electrons. The highest BCUT2D eigenvalue weighted by molar-refractivity contribution is 8.18. The third-order valence-electron chi connectivity index (χ3n) is 4.68. The van der Waals surface area contributed by atoms with Crippen LogP contribution in [0.5, 0.6) is 0 Å². The number of hydrogen-bond acceptors (Lipinski definition) is 8. The standard InChI is InChI=1S/C21H12ClN3O7S/c22-13-3-7-16(17(9-13)25(30)31)18-8-6-15(32-18)10-19-20(26)23(21(27)33-19)11-12-1-4-14(5-2-12)24(28)29/h1-10H,11H2. The zero-order valence-electron chi connectivity index (χ0n) is 16.5. The van der Waals surface area contributed by atoms with Crippen molar-refractivity contribution in [2.75, 3.05) is 0 Å². The summed E-state index contributed by atoms with van der Waals surface area (Å²) in [5.74, 6) is -0.108. The maximum atomic E-state index is 12.7. The third-order valence-corrected chi connectivity index (χ3v) is 5.83. The van der Waals surface area contributed by atoms with Gasteiger partial charge in [-0.3, -0.25) is 34.7 Å². The quantitative estimate of drug-likeness (QED) is 0.248. The van der Waals surface area contributed by atoms with Crippen LogP contribution >= 0.6 is 23.4 Å². The van der Waals surface area contributed by atoms with Crippen LogP contribution in [-0.2, 0) is 11.3 Å². The number of non-ortho nitro benzene ring substituents is 1. The van der Waals surface area contributed by atoms with Gasteiger partial charge in [0.05, 0.1) is 26.9 Å². The fraction of sp³-hybridized carbons (Fsp3) is 0.0476. The number of carbonyl (C=O) groups is 2. The molecule has 2 amide bonds. The van der Waals surface area contributed by atoms with E-state index in [1.54, 1.807) is 0 Å². The number of rotatable bonds is 6. The first kappa shape index (κ1) is 22.2. The van der Waals surface area contributed by atoms with E-state index in [-0.39, 0.29) is 44.9 Å². The number of imide groups is 1. The van der Waals surface area contributed by atoms with Gasteiger partial charge in [-0.1, -0.05) is 23.7 Å². The molecule has 3 aromatic rings. The highest BCUT2D eigenvalue weighted by atomic mass is 35.5. The van der Waals surface area contributed by atoms with Crippen LogP contribution in [0.3, 0.4) is 0 Å². The number of nitro benzene ring substituents is 2. The Labute approximate surface area is 194 Å². The molecule has 12 heteroatoms. The molecule has 0 spiro atoms. The van der Waals surface area contributed by atoms with E-state index in [1.165, 1.54) is 60.7 Å². The van der Waals surface area contributed by atoms with Crippen LogP contribution < -0.4 is 0 Å². The number of furan rings is 1. The first-order chi connectivity index (χ1) is 15.7. The lowest BCUT2D eigenvalue weighted by Gasteiger charge is -2.12. The smallest absolute Gasteiger partial charge is 0.293 e. The van der Waals surface area contributed by atoms with Gasteiger partial charge in [0.25, 0.3) is 22.5 Å². The van der Waals surface area contributed by atoms with Crippen molar-refractivity contribution in [3.05, 3.63) is 96.1 Å². The Balaban J connectivity index is 1.54. The van der Waals surface area contributed by atoms with Crippen molar-refractivity contribution in [2.45, 2.75) is 6.54 Å². The number of hydrogen-bond donors (Lipinski definition) is 0. The predicted molar refractivity (Wildman–Crippen MR) is 120 cm³/mol. The van der Waals surface area contributed by atoms with E-state index < -0.39 is 21.0 Å². The maximum Gasteiger partial charge on any atom is 0.293 e. The van der Waals surface area contributed by atoms with Crippen LogP contribution in [0.25, 0.3) is 17.4 Å². The minimum absolute atomic E-state index is 0.0413. The molecule has 0 bridgehead atoms. The maximum absolute atomic E-state index is 12.7. The number of amides is 2. The van der Waals surface area contributed by atoms with Crippen LogP contribution in [0.2, 0.25) is 5.02 Å². The van der Waals surface area contributed by atoms with Crippen molar-refractivity contribution in [1.29, 1.82) is 0 Å². The Hall–Kier alpha value is -3.96. The second kappa shape index (κ2) is 8.88. The number of carbonyl (C=O) groups excluding carboxylic acids is 2. The molecule has 1 fully saturated rings. The molecule has 1 saturated heterocycles. The summed E-state index contributed by atoms with van der Waals surface area (Å²) in [6.45, 7) is -0.0413. The lowest BCUT2D eigenvalue weighted by atomic mass is 10.1. The molecule has 10 nitrogen and oxygen atoms in total. The highest BCUT2D eigenvalue weighted by Gasteiger charge is 2.35. The van der Waals surface area contributed by atoms with Gasteiger partial charge in [0.1, 0.15) is 11.5 Å². The summed E-state index contributed by atoms with van der Waals surface area (Å²) in [5.41, 5.74) is 0.448. The fourth-order valence-electron chi connectivity index (χ4n) is 3.11. The molecular weight excluding hydrogens is 474 g/mol. The van der Waals surface area contributed by atoms with Gasteiger partial charge in [-0.25, -0.2) is 0 Å². The first-order valence-corrected chi connectivity index (χ1v) is 10.5. The van der Waals surface area contributed by atoms with Crippen LogP contribution in [0.1, 0.15) is 11.3 Å². The van der Waals surface area contributed by atoms with E-state index in [4.69, 9.17) is 16.0 Å². The highest BCUT2D eigenvalue weighted by Crippen LogP contribution is 2.36. The van der Waals surface area contributed by atoms with Crippen LogP contribution in [0.15, 0.2) is 63.9 Å². The Morgan fingerprint density at radius 3 is 2.39 bits per heavy atom. The van der Waals surface area contributed by atoms with Crippen LogP contribution in [-0.4, -0.2) is 25.9 Å². The molecule has 1 aliphatic rings. The largest absolute Gasteiger partial charge is 0.456 e. The van der Waals surface area contributed by atoms with Crippen molar-refractivity contribution >= 4 is 52.0 Å². The molecule has 2 aromatic carbocycles. The normalized spacial score (nSPS) is 14.8. The summed E-state index contributed by atoms with van der Waals surface area (Å²) >= 11 is 6.56. The summed E-state index contributed by atoms with van der Waals surface area (Å²) in [6.07, 6.45) is 1.38. The summed E-state index contributed by atoms with van der Waals surface area (Å²) in [5, 5.41) is 21.8.